The molecule has 46 heavy (non-hydrogen) atoms. The lowest BCUT2D eigenvalue weighted by Gasteiger charge is -2.17. The van der Waals surface area contributed by atoms with Gasteiger partial charge >= 0.3 is 18.7 Å². The number of aryl methyl sites for hydroxylation is 1. The minimum atomic E-state index is -4.86. The second kappa shape index (κ2) is 14.3. The fraction of sp³-hybridized carbons (Fsp3) is 0.212. The molecule has 2 N–H and O–H groups in total. The SMILES string of the molecule is Cc1cc(C2=CCC=C(c3ccc(OC(F)(F)F)cc3)C=C2COc2ccc(C(=O)NCCC(=O)O)cc2)ccc1OC(F)(F)F. The van der Waals surface area contributed by atoms with Crippen LogP contribution in [0.5, 0.6) is 17.2 Å². The molecule has 0 unspecified atom stereocenters. The Morgan fingerprint density at radius 1 is 0.826 bits per heavy atom. The summed E-state index contributed by atoms with van der Waals surface area (Å²) in [5.74, 6) is -1.85. The van der Waals surface area contributed by atoms with E-state index in [4.69, 9.17) is 9.84 Å². The molecule has 4 rings (SSSR count). The van der Waals surface area contributed by atoms with Gasteiger partial charge in [0.1, 0.15) is 23.9 Å². The first-order valence-corrected chi connectivity index (χ1v) is 13.7. The first-order valence-electron chi connectivity index (χ1n) is 13.7. The van der Waals surface area contributed by atoms with Crippen LogP contribution in [0, 0.1) is 6.92 Å². The number of aliphatic carboxylic acids is 1. The molecule has 0 bridgehead atoms. The number of carboxylic acids is 1. The number of hydrogen-bond acceptors (Lipinski definition) is 5. The average Bonchev–Trinajstić information content (AvgIpc) is 3.19. The summed E-state index contributed by atoms with van der Waals surface area (Å²) in [6.45, 7) is 1.42. The minimum absolute atomic E-state index is 0.0254. The summed E-state index contributed by atoms with van der Waals surface area (Å²) in [7, 11) is 0. The van der Waals surface area contributed by atoms with Crippen molar-refractivity contribution in [2.45, 2.75) is 32.5 Å². The van der Waals surface area contributed by atoms with E-state index in [-0.39, 0.29) is 42.2 Å². The number of carbonyl (C=O) groups excluding carboxylic acids is 1. The van der Waals surface area contributed by atoms with Crippen molar-refractivity contribution in [2.24, 2.45) is 0 Å². The van der Waals surface area contributed by atoms with Crippen molar-refractivity contribution < 1.29 is 55.2 Å². The molecule has 0 saturated heterocycles. The highest BCUT2D eigenvalue weighted by Crippen LogP contribution is 2.35. The fourth-order valence-electron chi connectivity index (χ4n) is 4.54. The zero-order valence-electron chi connectivity index (χ0n) is 24.2. The van der Waals surface area contributed by atoms with Crippen LogP contribution in [0.1, 0.15) is 39.9 Å². The number of rotatable bonds is 11. The maximum absolute atomic E-state index is 12.8. The van der Waals surface area contributed by atoms with Crippen molar-refractivity contribution in [3.63, 3.8) is 0 Å². The van der Waals surface area contributed by atoms with Gasteiger partial charge in [0.2, 0.25) is 0 Å². The molecule has 0 radical (unpaired) electrons. The molecule has 0 saturated carbocycles. The molecule has 0 atom stereocenters. The van der Waals surface area contributed by atoms with Gasteiger partial charge in [-0.2, -0.15) is 0 Å². The molecule has 3 aromatic carbocycles. The number of alkyl halides is 6. The number of allylic oxidation sites excluding steroid dienone is 4. The smallest absolute Gasteiger partial charge is 0.489 e. The predicted octanol–water partition coefficient (Wildman–Crippen LogP) is 7.87. The topological polar surface area (TPSA) is 94.1 Å². The Bertz CT molecular complexity index is 1660. The van der Waals surface area contributed by atoms with Crippen LogP contribution in [-0.4, -0.2) is 42.9 Å². The lowest BCUT2D eigenvalue weighted by atomic mass is 9.94. The van der Waals surface area contributed by atoms with Gasteiger partial charge in [0, 0.05) is 12.1 Å². The van der Waals surface area contributed by atoms with Crippen LogP contribution in [0.2, 0.25) is 0 Å². The summed E-state index contributed by atoms with van der Waals surface area (Å²) in [6.07, 6.45) is -4.06. The van der Waals surface area contributed by atoms with E-state index < -0.39 is 24.6 Å². The van der Waals surface area contributed by atoms with E-state index in [0.29, 0.717) is 40.0 Å². The van der Waals surface area contributed by atoms with Crippen LogP contribution < -0.4 is 19.5 Å². The quantitative estimate of drug-likeness (QED) is 0.206. The van der Waals surface area contributed by atoms with Crippen LogP contribution in [0.4, 0.5) is 26.3 Å². The van der Waals surface area contributed by atoms with Gasteiger partial charge in [0.25, 0.3) is 5.91 Å². The van der Waals surface area contributed by atoms with Gasteiger partial charge in [-0.25, -0.2) is 0 Å². The number of hydrogen-bond donors (Lipinski definition) is 2. The summed E-state index contributed by atoms with van der Waals surface area (Å²) in [4.78, 5) is 22.9. The lowest BCUT2D eigenvalue weighted by Crippen LogP contribution is -2.25. The first kappa shape index (κ1) is 33.7. The van der Waals surface area contributed by atoms with Gasteiger partial charge in [-0.15, -0.1) is 26.3 Å². The van der Waals surface area contributed by atoms with Gasteiger partial charge in [-0.05, 0) is 101 Å². The zero-order valence-corrected chi connectivity index (χ0v) is 24.2. The third-order valence-corrected chi connectivity index (χ3v) is 6.60. The third kappa shape index (κ3) is 9.91. The molecule has 3 aromatic rings. The number of carboxylic acid groups (broad SMARTS) is 1. The molecular formula is C33H27F6NO6. The molecule has 1 aliphatic carbocycles. The number of benzene rings is 3. The van der Waals surface area contributed by atoms with Crippen LogP contribution >= 0.6 is 0 Å². The van der Waals surface area contributed by atoms with E-state index in [0.717, 1.165) is 0 Å². The molecule has 0 aromatic heterocycles. The molecule has 0 spiro atoms. The van der Waals surface area contributed by atoms with Crippen molar-refractivity contribution >= 4 is 23.0 Å². The van der Waals surface area contributed by atoms with E-state index in [9.17, 15) is 35.9 Å². The first-order chi connectivity index (χ1) is 21.7. The largest absolute Gasteiger partial charge is 0.573 e. The van der Waals surface area contributed by atoms with Crippen LogP contribution in [0.15, 0.2) is 90.5 Å². The summed E-state index contributed by atoms with van der Waals surface area (Å²) in [5.41, 5.74) is 3.62. The summed E-state index contributed by atoms with van der Waals surface area (Å²) in [6, 6.07) is 15.7. The Balaban J connectivity index is 1.59. The predicted molar refractivity (Wildman–Crippen MR) is 156 cm³/mol. The van der Waals surface area contributed by atoms with Gasteiger partial charge < -0.3 is 24.6 Å². The van der Waals surface area contributed by atoms with E-state index >= 15 is 0 Å². The second-order valence-electron chi connectivity index (χ2n) is 10.00. The average molecular weight is 648 g/mol. The highest BCUT2D eigenvalue weighted by molar-refractivity contribution is 5.94. The maximum atomic E-state index is 12.8. The van der Waals surface area contributed by atoms with E-state index in [1.54, 1.807) is 24.3 Å². The van der Waals surface area contributed by atoms with Crippen LogP contribution in [-0.2, 0) is 4.79 Å². The van der Waals surface area contributed by atoms with Crippen LogP contribution in [0.3, 0.4) is 0 Å². The van der Waals surface area contributed by atoms with Gasteiger partial charge in [-0.1, -0.05) is 30.4 Å². The van der Waals surface area contributed by atoms with Crippen LogP contribution in [0.25, 0.3) is 11.1 Å². The highest BCUT2D eigenvalue weighted by atomic mass is 19.4. The van der Waals surface area contributed by atoms with E-state index in [1.807, 2.05) is 12.2 Å². The molecule has 1 aliphatic rings. The monoisotopic (exact) mass is 647 g/mol. The molecule has 0 heterocycles. The second-order valence-corrected chi connectivity index (χ2v) is 10.00. The number of nitrogens with one attached hydrogen (secondary N) is 1. The molecular weight excluding hydrogens is 620 g/mol. The Morgan fingerprint density at radius 3 is 2.07 bits per heavy atom. The number of halogens is 6. The third-order valence-electron chi connectivity index (χ3n) is 6.60. The summed E-state index contributed by atoms with van der Waals surface area (Å²) < 4.78 is 90.5. The minimum Gasteiger partial charge on any atom is -0.489 e. The molecule has 0 aliphatic heterocycles. The number of amides is 1. The van der Waals surface area contributed by atoms with Gasteiger partial charge in [0.05, 0.1) is 6.42 Å². The molecule has 242 valence electrons. The fourth-order valence-corrected chi connectivity index (χ4v) is 4.54. The van der Waals surface area contributed by atoms with Gasteiger partial charge in [0.15, 0.2) is 0 Å². The normalized spacial score (nSPS) is 13.5. The van der Waals surface area contributed by atoms with Gasteiger partial charge in [-0.3, -0.25) is 9.59 Å². The van der Waals surface area contributed by atoms with Crippen molar-refractivity contribution in [3.8, 4) is 17.2 Å². The molecule has 1 amide bonds. The van der Waals surface area contributed by atoms with Crippen molar-refractivity contribution in [3.05, 3.63) is 113 Å². The maximum Gasteiger partial charge on any atom is 0.573 e. The lowest BCUT2D eigenvalue weighted by molar-refractivity contribution is -0.275. The van der Waals surface area contributed by atoms with Crippen molar-refractivity contribution in [2.75, 3.05) is 13.2 Å². The molecule has 0 fully saturated rings. The molecule has 7 nitrogen and oxygen atoms in total. The molecule has 13 heteroatoms. The standard InChI is InChI=1S/C33H27F6NO6/c1-20-17-24(9-14-29(20)46-33(37,38)39)28-4-2-3-23(21-5-12-27(13-6-21)45-32(34,35)36)18-25(28)19-44-26-10-7-22(8-11-26)31(43)40-16-15-30(41)42/h3-14,17-18H,2,15-16,19H2,1H3,(H,40,43)(H,41,42). The number of carbonyl (C=O) groups is 2. The summed E-state index contributed by atoms with van der Waals surface area (Å²) in [5, 5.41) is 11.2. The van der Waals surface area contributed by atoms with E-state index in [1.165, 1.54) is 55.5 Å². The van der Waals surface area contributed by atoms with E-state index in [2.05, 4.69) is 14.8 Å². The number of ether oxygens (including phenoxy) is 3. The Kier molecular flexibility index (Phi) is 10.5. The zero-order chi connectivity index (χ0) is 33.5. The highest BCUT2D eigenvalue weighted by Gasteiger charge is 2.32. The Hall–Kier alpha value is -5.20. The Morgan fingerprint density at radius 2 is 1.46 bits per heavy atom. The summed E-state index contributed by atoms with van der Waals surface area (Å²) >= 11 is 0. The van der Waals surface area contributed by atoms with Crippen molar-refractivity contribution in [1.29, 1.82) is 0 Å². The van der Waals surface area contributed by atoms with Crippen molar-refractivity contribution in [1.82, 2.24) is 5.32 Å². The Labute approximate surface area is 259 Å².